The molecule has 8 aromatic rings. The van der Waals surface area contributed by atoms with Crippen molar-refractivity contribution in [1.29, 1.82) is 0 Å². The molecule has 1 aliphatic heterocycles. The van der Waals surface area contributed by atoms with E-state index in [0.29, 0.717) is 20.6 Å². The summed E-state index contributed by atoms with van der Waals surface area (Å²) in [6.45, 7) is 3.15. The van der Waals surface area contributed by atoms with Gasteiger partial charge in [-0.1, -0.05) is 34.8 Å². The third-order valence-corrected chi connectivity index (χ3v) is 9.34. The van der Waals surface area contributed by atoms with E-state index in [2.05, 4.69) is 19.9 Å². The van der Waals surface area contributed by atoms with Crippen LogP contribution in [0, 0.1) is 5.95 Å². The van der Waals surface area contributed by atoms with Crippen LogP contribution in [0.4, 0.5) is 10.1 Å². The second-order valence-corrected chi connectivity index (χ2v) is 14.0. The van der Waals surface area contributed by atoms with E-state index in [4.69, 9.17) is 39.9 Å². The van der Waals surface area contributed by atoms with Crippen LogP contribution in [0.25, 0.3) is 33.4 Å². The first-order valence-electron chi connectivity index (χ1n) is 17.5. The average molecular weight is 834 g/mol. The summed E-state index contributed by atoms with van der Waals surface area (Å²) in [6.07, 6.45) is 11.0. The van der Waals surface area contributed by atoms with Crippen LogP contribution >= 0.6 is 34.8 Å². The van der Waals surface area contributed by atoms with Crippen molar-refractivity contribution >= 4 is 86.0 Å². The lowest BCUT2D eigenvalue weighted by Gasteiger charge is -2.04. The maximum Gasteiger partial charge on any atom is 0.335 e. The first kappa shape index (κ1) is 41.1. The molecule has 0 aliphatic carbocycles. The van der Waals surface area contributed by atoms with Crippen LogP contribution in [0.15, 0.2) is 139 Å². The van der Waals surface area contributed by atoms with Crippen molar-refractivity contribution in [2.45, 2.75) is 20.3 Å². The van der Waals surface area contributed by atoms with E-state index in [1.54, 1.807) is 56.6 Å². The van der Waals surface area contributed by atoms with Crippen LogP contribution < -0.4 is 0 Å². The highest BCUT2D eigenvalue weighted by Crippen LogP contribution is 2.26. The van der Waals surface area contributed by atoms with Crippen molar-refractivity contribution in [2.75, 3.05) is 0 Å². The quantitative estimate of drug-likeness (QED) is 0.135. The first-order chi connectivity index (χ1) is 27.9. The van der Waals surface area contributed by atoms with Gasteiger partial charge in [0.15, 0.2) is 11.6 Å². The number of carbonyl (C=O) groups excluding carboxylic acids is 2. The lowest BCUT2D eigenvalue weighted by atomic mass is 10.1. The number of hydrogen-bond acceptors (Lipinski definition) is 7. The molecule has 6 heterocycles. The molecule has 0 amide bonds. The van der Waals surface area contributed by atoms with Crippen LogP contribution in [-0.4, -0.2) is 52.9 Å². The molecule has 0 bridgehead atoms. The van der Waals surface area contributed by atoms with Crippen molar-refractivity contribution in [3.63, 3.8) is 0 Å². The van der Waals surface area contributed by atoms with E-state index in [0.717, 1.165) is 56.7 Å². The number of carboxylic acid groups (broad SMARTS) is 1. The molecule has 5 aromatic heterocycles. The fourth-order valence-corrected chi connectivity index (χ4v) is 6.09. The summed E-state index contributed by atoms with van der Waals surface area (Å²) in [4.78, 5) is 49.3. The molecule has 0 spiro atoms. The van der Waals surface area contributed by atoms with Gasteiger partial charge >= 0.3 is 5.97 Å². The number of halogens is 4. The number of hydrogen-bond donors (Lipinski definition) is 1. The van der Waals surface area contributed by atoms with Crippen molar-refractivity contribution in [2.24, 2.45) is 4.99 Å². The van der Waals surface area contributed by atoms with E-state index in [1.807, 2.05) is 88.4 Å². The van der Waals surface area contributed by atoms with Gasteiger partial charge in [0, 0.05) is 65.5 Å². The molecule has 9 rings (SSSR count). The van der Waals surface area contributed by atoms with E-state index in [9.17, 15) is 18.8 Å². The van der Waals surface area contributed by atoms with Gasteiger partial charge in [0.25, 0.3) is 0 Å². The molecule has 0 saturated heterocycles. The number of ketones is 2. The van der Waals surface area contributed by atoms with E-state index >= 15 is 0 Å². The monoisotopic (exact) mass is 832 g/mol. The number of rotatable bonds is 5. The molecule has 290 valence electrons. The Labute approximate surface area is 346 Å². The second kappa shape index (κ2) is 18.6. The number of nitrogens with zero attached hydrogens (tertiary/aromatic N) is 6. The molecular weight excluding hydrogens is 802 g/mol. The minimum atomic E-state index is -0.931. The van der Waals surface area contributed by atoms with Crippen molar-refractivity contribution in [3.05, 3.63) is 177 Å². The first-order valence-corrected chi connectivity index (χ1v) is 18.6. The van der Waals surface area contributed by atoms with Crippen LogP contribution in [-0.2, 0) is 6.42 Å². The summed E-state index contributed by atoms with van der Waals surface area (Å²) in [5.41, 5.74) is 5.84. The fourth-order valence-electron chi connectivity index (χ4n) is 5.75. The number of fused-ring (bicyclic) bond motifs is 3. The molecule has 1 N–H and O–H groups in total. The maximum absolute atomic E-state index is 11.9. The Hall–Kier alpha value is -6.53. The van der Waals surface area contributed by atoms with Crippen LogP contribution in [0.2, 0.25) is 15.1 Å². The highest BCUT2D eigenvalue weighted by Gasteiger charge is 2.10. The number of benzene rings is 3. The van der Waals surface area contributed by atoms with Gasteiger partial charge in [0.2, 0.25) is 5.95 Å². The summed E-state index contributed by atoms with van der Waals surface area (Å²) in [7, 11) is 0. The Balaban J connectivity index is 0.000000137. The molecule has 14 heteroatoms. The van der Waals surface area contributed by atoms with Gasteiger partial charge in [-0.3, -0.25) is 14.6 Å². The summed E-state index contributed by atoms with van der Waals surface area (Å²) in [6, 6.07) is 30.0. The zero-order chi connectivity index (χ0) is 41.3. The molecule has 10 nitrogen and oxygen atoms in total. The third kappa shape index (κ3) is 10.3. The Bertz CT molecular complexity index is 2630. The SMILES string of the molecule is CC(=O)c1ccc2c(c1)CC=N2.CC(=O)c1ccc2c(ccn2-c2ccc(Cl)cn2)c1.Fc1ccc(Cl)cn1.O=C(O)c1ccc2c(ccn2-c2ccc(Cl)cn2)c1. The van der Waals surface area contributed by atoms with Crippen LogP contribution in [0.1, 0.15) is 50.5 Å². The van der Waals surface area contributed by atoms with Gasteiger partial charge in [-0.05, 0) is 123 Å². The summed E-state index contributed by atoms with van der Waals surface area (Å²) >= 11 is 17.0. The van der Waals surface area contributed by atoms with E-state index < -0.39 is 11.9 Å². The van der Waals surface area contributed by atoms with Gasteiger partial charge in [-0.2, -0.15) is 4.39 Å². The smallest absolute Gasteiger partial charge is 0.335 e. The topological polar surface area (TPSA) is 132 Å². The molecule has 0 saturated carbocycles. The lowest BCUT2D eigenvalue weighted by Crippen LogP contribution is -1.97. The minimum Gasteiger partial charge on any atom is -0.478 e. The molecule has 1 aliphatic rings. The molecular formula is C44H32Cl3FN6O4. The highest BCUT2D eigenvalue weighted by molar-refractivity contribution is 6.31. The van der Waals surface area contributed by atoms with Crippen LogP contribution in [0.5, 0.6) is 0 Å². The van der Waals surface area contributed by atoms with Gasteiger partial charge in [0.05, 0.1) is 37.4 Å². The van der Waals surface area contributed by atoms with Crippen molar-refractivity contribution in [1.82, 2.24) is 24.1 Å². The molecule has 0 fully saturated rings. The number of carbonyl (C=O) groups is 3. The highest BCUT2D eigenvalue weighted by atomic mass is 35.5. The molecule has 3 aromatic carbocycles. The lowest BCUT2D eigenvalue weighted by molar-refractivity contribution is 0.0696. The fraction of sp³-hybridized carbons (Fsp3) is 0.0682. The number of pyridine rings is 3. The number of aromatic nitrogens is 5. The largest absolute Gasteiger partial charge is 0.478 e. The third-order valence-electron chi connectivity index (χ3n) is 8.67. The van der Waals surface area contributed by atoms with Gasteiger partial charge in [-0.15, -0.1) is 0 Å². The van der Waals surface area contributed by atoms with Crippen molar-refractivity contribution in [3.8, 4) is 11.6 Å². The summed E-state index contributed by atoms with van der Waals surface area (Å²) < 4.78 is 15.8. The Morgan fingerprint density at radius 2 is 1.09 bits per heavy atom. The van der Waals surface area contributed by atoms with Gasteiger partial charge in [0.1, 0.15) is 11.6 Å². The Morgan fingerprint density at radius 1 is 0.603 bits per heavy atom. The van der Waals surface area contributed by atoms with E-state index in [-0.39, 0.29) is 17.1 Å². The Kier molecular flexibility index (Phi) is 13.2. The number of Topliss-reactive ketones (excluding diaryl/α,β-unsaturated/α-hetero) is 2. The van der Waals surface area contributed by atoms with Crippen LogP contribution in [0.3, 0.4) is 0 Å². The molecule has 0 atom stereocenters. The summed E-state index contributed by atoms with van der Waals surface area (Å²) in [5, 5.41) is 12.5. The average Bonchev–Trinajstić information content (AvgIpc) is 3.98. The Morgan fingerprint density at radius 3 is 1.55 bits per heavy atom. The number of carboxylic acids is 1. The zero-order valence-electron chi connectivity index (χ0n) is 30.9. The standard InChI is InChI=1S/C15H11ClN2O.C14H9ClN2O2.C10H9NO.C5H3ClFN/c1-10(19)11-2-4-14-12(8-11)6-7-18(14)15-5-3-13(16)9-17-15;15-11-2-4-13(16-8-11)17-6-5-9-7-10(14(18)19)1-3-12(9)17;1-7(12)8-2-3-10-9(6-8)4-5-11-10;6-4-1-2-5(7)8-3-4/h2-9H,1H3;1-8H,(H,18,19);2-3,5-6H,4H2,1H3;1-3H. The zero-order valence-corrected chi connectivity index (χ0v) is 33.1. The number of aliphatic imine (C=N–C) groups is 1. The predicted molar refractivity (Wildman–Crippen MR) is 227 cm³/mol. The molecule has 0 radical (unpaired) electrons. The number of aromatic carboxylic acids is 1. The maximum atomic E-state index is 11.9. The van der Waals surface area contributed by atoms with Gasteiger partial charge < -0.3 is 14.2 Å². The predicted octanol–water partition coefficient (Wildman–Crippen LogP) is 11.3. The summed E-state index contributed by atoms with van der Waals surface area (Å²) in [5.74, 6) is 0.287. The normalized spacial score (nSPS) is 11.1. The molecule has 0 unspecified atom stereocenters. The molecule has 58 heavy (non-hydrogen) atoms. The minimum absolute atomic E-state index is 0.0688. The second-order valence-electron chi connectivity index (χ2n) is 12.7. The van der Waals surface area contributed by atoms with Crippen molar-refractivity contribution < 1.29 is 23.9 Å². The van der Waals surface area contributed by atoms with E-state index in [1.165, 1.54) is 18.3 Å². The van der Waals surface area contributed by atoms with Gasteiger partial charge in [-0.25, -0.2) is 19.7 Å².